The number of rotatable bonds is 4. The van der Waals surface area contributed by atoms with Gasteiger partial charge in [-0.3, -0.25) is 9.69 Å². The van der Waals surface area contributed by atoms with E-state index in [0.29, 0.717) is 0 Å². The van der Waals surface area contributed by atoms with Crippen LogP contribution in [0.25, 0.3) is 0 Å². The lowest BCUT2D eigenvalue weighted by Gasteiger charge is -2.46. The van der Waals surface area contributed by atoms with Crippen LogP contribution in [-0.4, -0.2) is 28.9 Å². The number of aliphatic carboxylic acids is 1. The van der Waals surface area contributed by atoms with E-state index in [1.165, 1.54) is 0 Å². The number of carboxylic acids is 1. The number of carbonyl (C=O) groups is 2. The van der Waals surface area contributed by atoms with Crippen molar-refractivity contribution in [3.05, 3.63) is 23.2 Å². The Kier molecular flexibility index (Phi) is 6.19. The number of hydrogen-bond donors (Lipinski definition) is 1. The normalized spacial score (nSPS) is 24.9. The molecule has 1 saturated carbocycles. The second-order valence-corrected chi connectivity index (χ2v) is 7.55. The zero-order valence-corrected chi connectivity index (χ0v) is 16.0. The van der Waals surface area contributed by atoms with Gasteiger partial charge in [-0.2, -0.15) is 0 Å². The van der Waals surface area contributed by atoms with E-state index in [0.717, 1.165) is 29.5 Å². The first-order valence-electron chi connectivity index (χ1n) is 8.49. The minimum Gasteiger partial charge on any atom is -0.479 e. The molecule has 0 spiro atoms. The first-order chi connectivity index (χ1) is 12.9. The minimum atomic E-state index is -4.95. The first kappa shape index (κ1) is 21.9. The maximum atomic E-state index is 12.5. The Balaban J connectivity index is 2.57. The third-order valence-corrected chi connectivity index (χ3v) is 5.02. The molecule has 0 aromatic heterocycles. The maximum Gasteiger partial charge on any atom is 0.573 e. The van der Waals surface area contributed by atoms with Gasteiger partial charge in [-0.1, -0.05) is 25.4 Å². The summed E-state index contributed by atoms with van der Waals surface area (Å²) in [6.45, 7) is 3.75. The number of terminal acetylenes is 1. The highest BCUT2D eigenvalue weighted by molar-refractivity contribution is 6.32. The number of carboxylic acid groups (broad SMARTS) is 1. The highest BCUT2D eigenvalue weighted by atomic mass is 35.5. The average Bonchev–Trinajstić information content (AvgIpc) is 2.55. The molecule has 0 bridgehead atoms. The summed E-state index contributed by atoms with van der Waals surface area (Å²) in [5.74, 6) is -0.909. The van der Waals surface area contributed by atoms with Crippen LogP contribution in [-0.2, 0) is 9.59 Å². The van der Waals surface area contributed by atoms with Gasteiger partial charge in [0.25, 0.3) is 0 Å². The van der Waals surface area contributed by atoms with Gasteiger partial charge in [0.15, 0.2) is 0 Å². The van der Waals surface area contributed by atoms with Crippen molar-refractivity contribution < 1.29 is 32.6 Å². The second kappa shape index (κ2) is 7.92. The molecular formula is C19H19ClF3NO4. The second-order valence-electron chi connectivity index (χ2n) is 7.14. The fourth-order valence-corrected chi connectivity index (χ4v) is 4.22. The average molecular weight is 418 g/mol. The Bertz CT molecular complexity index is 808. The van der Waals surface area contributed by atoms with Gasteiger partial charge in [-0.25, -0.2) is 4.79 Å². The maximum absolute atomic E-state index is 12.5. The van der Waals surface area contributed by atoms with Crippen molar-refractivity contribution in [1.29, 1.82) is 0 Å². The molecule has 1 unspecified atom stereocenters. The number of nitrogens with zero attached hydrogens (tertiary/aromatic N) is 1. The lowest BCUT2D eigenvalue weighted by Crippen LogP contribution is -2.60. The molecule has 0 saturated heterocycles. The number of benzene rings is 1. The third kappa shape index (κ3) is 4.53. The molecule has 152 valence electrons. The van der Waals surface area contributed by atoms with Gasteiger partial charge >= 0.3 is 18.2 Å². The number of halogens is 4. The number of anilines is 1. The van der Waals surface area contributed by atoms with Crippen molar-refractivity contribution in [2.24, 2.45) is 11.8 Å². The third-order valence-electron chi connectivity index (χ3n) is 4.73. The monoisotopic (exact) mass is 417 g/mol. The molecule has 1 aliphatic rings. The summed E-state index contributed by atoms with van der Waals surface area (Å²) >= 11 is 5.89. The molecule has 1 amide bonds. The standard InChI is InChI=1S/C19H19ClF3NO4/c1-4-16(25)24(18(17(26)27)9-11(2)7-12(3)10-18)13-5-6-15(14(20)8-13)28-19(21,22)23/h1,5-6,8,11-12H,7,9-10H2,2-3H3,(H,26,27)/t11-,12+,18?. The SMILES string of the molecule is C#CC(=O)N(c1ccc(OC(F)(F)F)c(Cl)c1)C1(C(=O)O)C[C@H](C)C[C@H](C)C1. The Hall–Kier alpha value is -2.40. The van der Waals surface area contributed by atoms with E-state index in [1.807, 2.05) is 19.8 Å². The van der Waals surface area contributed by atoms with Crippen molar-refractivity contribution >= 4 is 29.2 Å². The van der Waals surface area contributed by atoms with Gasteiger partial charge < -0.3 is 9.84 Å². The first-order valence-corrected chi connectivity index (χ1v) is 8.87. The van der Waals surface area contributed by atoms with Gasteiger partial charge in [0, 0.05) is 5.69 Å². The highest BCUT2D eigenvalue weighted by Crippen LogP contribution is 2.44. The topological polar surface area (TPSA) is 66.8 Å². The molecule has 3 atom stereocenters. The number of carbonyl (C=O) groups excluding carboxylic acids is 1. The van der Waals surface area contributed by atoms with Gasteiger partial charge in [0.2, 0.25) is 0 Å². The van der Waals surface area contributed by atoms with E-state index in [-0.39, 0.29) is 30.4 Å². The quantitative estimate of drug-likeness (QED) is 0.733. The Morgan fingerprint density at radius 3 is 2.32 bits per heavy atom. The van der Waals surface area contributed by atoms with Crippen LogP contribution >= 0.6 is 11.6 Å². The van der Waals surface area contributed by atoms with Crippen LogP contribution < -0.4 is 9.64 Å². The molecule has 1 N–H and O–H groups in total. The molecule has 0 radical (unpaired) electrons. The van der Waals surface area contributed by atoms with Crippen LogP contribution in [0.2, 0.25) is 5.02 Å². The molecule has 1 aliphatic carbocycles. The zero-order valence-electron chi connectivity index (χ0n) is 15.2. The van der Waals surface area contributed by atoms with Crippen LogP contribution in [0.4, 0.5) is 18.9 Å². The molecule has 1 aromatic carbocycles. The summed E-state index contributed by atoms with van der Waals surface area (Å²) in [6, 6.07) is 3.11. The van der Waals surface area contributed by atoms with E-state index in [9.17, 15) is 27.9 Å². The molecule has 2 rings (SSSR count). The van der Waals surface area contributed by atoms with E-state index in [2.05, 4.69) is 4.74 Å². The summed E-state index contributed by atoms with van der Waals surface area (Å²) in [7, 11) is 0. The Morgan fingerprint density at radius 2 is 1.89 bits per heavy atom. The lowest BCUT2D eigenvalue weighted by atomic mass is 9.70. The molecule has 1 aromatic rings. The zero-order chi connectivity index (χ0) is 21.3. The Morgan fingerprint density at radius 1 is 1.32 bits per heavy atom. The van der Waals surface area contributed by atoms with Crippen molar-refractivity contribution in [2.75, 3.05) is 4.90 Å². The van der Waals surface area contributed by atoms with Gasteiger partial charge in [0.05, 0.1) is 5.02 Å². The predicted molar refractivity (Wildman–Crippen MR) is 97.0 cm³/mol. The number of ether oxygens (including phenoxy) is 1. The number of amides is 1. The van der Waals surface area contributed by atoms with Crippen LogP contribution in [0.1, 0.15) is 33.1 Å². The summed E-state index contributed by atoms with van der Waals surface area (Å²) in [6.07, 6.45) is 1.39. The van der Waals surface area contributed by atoms with Crippen LogP contribution in [0.15, 0.2) is 18.2 Å². The smallest absolute Gasteiger partial charge is 0.479 e. The molecular weight excluding hydrogens is 399 g/mol. The summed E-state index contributed by atoms with van der Waals surface area (Å²) < 4.78 is 41.2. The van der Waals surface area contributed by atoms with E-state index in [1.54, 1.807) is 0 Å². The molecule has 9 heteroatoms. The van der Waals surface area contributed by atoms with Crippen molar-refractivity contribution in [2.45, 2.75) is 45.0 Å². The number of alkyl halides is 3. The lowest BCUT2D eigenvalue weighted by molar-refractivity contribution is -0.274. The molecule has 5 nitrogen and oxygen atoms in total. The van der Waals surface area contributed by atoms with Crippen LogP contribution in [0, 0.1) is 24.2 Å². The van der Waals surface area contributed by atoms with Gasteiger partial charge in [-0.15, -0.1) is 19.6 Å². The molecule has 0 heterocycles. The summed E-state index contributed by atoms with van der Waals surface area (Å²) in [5.41, 5.74) is -1.64. The Labute approximate surface area is 165 Å². The largest absolute Gasteiger partial charge is 0.573 e. The number of hydrogen-bond acceptors (Lipinski definition) is 3. The minimum absolute atomic E-state index is 0.00349. The van der Waals surface area contributed by atoms with E-state index >= 15 is 0 Å². The van der Waals surface area contributed by atoms with Crippen molar-refractivity contribution in [3.8, 4) is 18.1 Å². The van der Waals surface area contributed by atoms with Crippen LogP contribution in [0.3, 0.4) is 0 Å². The van der Waals surface area contributed by atoms with Gasteiger partial charge in [0.1, 0.15) is 11.3 Å². The van der Waals surface area contributed by atoms with Crippen molar-refractivity contribution in [3.63, 3.8) is 0 Å². The van der Waals surface area contributed by atoms with Crippen molar-refractivity contribution in [1.82, 2.24) is 0 Å². The summed E-state index contributed by atoms with van der Waals surface area (Å²) in [5, 5.41) is 9.58. The molecule has 28 heavy (non-hydrogen) atoms. The fourth-order valence-electron chi connectivity index (χ4n) is 4.00. The molecule has 0 aliphatic heterocycles. The fraction of sp³-hybridized carbons (Fsp3) is 0.474. The van der Waals surface area contributed by atoms with E-state index < -0.39 is 34.5 Å². The van der Waals surface area contributed by atoms with Crippen LogP contribution in [0.5, 0.6) is 5.75 Å². The van der Waals surface area contributed by atoms with Gasteiger partial charge in [-0.05, 0) is 55.2 Å². The highest BCUT2D eigenvalue weighted by Gasteiger charge is 2.51. The summed E-state index contributed by atoms with van der Waals surface area (Å²) in [4.78, 5) is 25.8. The van der Waals surface area contributed by atoms with E-state index in [4.69, 9.17) is 18.0 Å². The predicted octanol–water partition coefficient (Wildman–Crippen LogP) is 4.48. The molecule has 1 fully saturated rings.